The normalized spacial score (nSPS) is 14.4. The fourth-order valence-electron chi connectivity index (χ4n) is 3.99. The fourth-order valence-corrected chi connectivity index (χ4v) is 3.99. The highest BCUT2D eigenvalue weighted by molar-refractivity contribution is 5.79. The van der Waals surface area contributed by atoms with Crippen molar-refractivity contribution in [1.82, 2.24) is 0 Å². The molecule has 0 N–H and O–H groups in total. The molecule has 3 aromatic rings. The highest BCUT2D eigenvalue weighted by atomic mass is 14.4. The molecular weight excluding hydrogens is 324 g/mol. The van der Waals surface area contributed by atoms with Crippen molar-refractivity contribution in [2.75, 3.05) is 0 Å². The predicted octanol–water partition coefficient (Wildman–Crippen LogP) is 6.16. The quantitative estimate of drug-likeness (QED) is 0.392. The Bertz CT molecular complexity index is 1030. The lowest BCUT2D eigenvalue weighted by molar-refractivity contribution is 0.762. The first kappa shape index (κ1) is 16.9. The van der Waals surface area contributed by atoms with Gasteiger partial charge < -0.3 is 0 Å². The van der Waals surface area contributed by atoms with Crippen LogP contribution in [0.25, 0.3) is 6.08 Å². The second-order valence-electron chi connectivity index (χ2n) is 6.67. The van der Waals surface area contributed by atoms with Gasteiger partial charge in [0.1, 0.15) is 0 Å². The van der Waals surface area contributed by atoms with Crippen molar-refractivity contribution < 1.29 is 0 Å². The summed E-state index contributed by atoms with van der Waals surface area (Å²) in [5.41, 5.74) is 6.49. The lowest BCUT2D eigenvalue weighted by atomic mass is 9.67. The molecule has 0 aromatic heterocycles. The Hall–Kier alpha value is -3.56. The molecule has 0 aliphatic heterocycles. The first-order valence-corrected chi connectivity index (χ1v) is 9.03. The zero-order chi connectivity index (χ0) is 18.7. The smallest absolute Gasteiger partial charge is 0.0707 e. The Balaban J connectivity index is 2.05. The number of terminal acetylenes is 1. The van der Waals surface area contributed by atoms with Crippen LogP contribution in [0.3, 0.4) is 0 Å². The highest BCUT2D eigenvalue weighted by Crippen LogP contribution is 2.51. The third kappa shape index (κ3) is 2.75. The van der Waals surface area contributed by atoms with E-state index < -0.39 is 0 Å². The molecule has 0 fully saturated rings. The van der Waals surface area contributed by atoms with Gasteiger partial charge in [-0.1, -0.05) is 104 Å². The first-order valence-electron chi connectivity index (χ1n) is 9.03. The maximum Gasteiger partial charge on any atom is 0.0707 e. The van der Waals surface area contributed by atoms with E-state index in [1.54, 1.807) is 0 Å². The summed E-state index contributed by atoms with van der Waals surface area (Å²) in [5.74, 6) is 2.61. The van der Waals surface area contributed by atoms with Crippen molar-refractivity contribution in [3.63, 3.8) is 0 Å². The number of hydrogen-bond donors (Lipinski definition) is 0. The molecule has 0 heteroatoms. The van der Waals surface area contributed by atoms with E-state index in [-0.39, 0.29) is 5.41 Å². The van der Waals surface area contributed by atoms with Gasteiger partial charge in [0, 0.05) is 5.57 Å². The molecule has 0 spiro atoms. The standard InChI is InChI=1S/C27H20/c1-3-21(2)18-19-25-20-22-12-10-11-17-26(22)27(25,23-13-6-4-7-14-23)24-15-8-5-9-16-24/h1,4-20H,2H2/b19-18-. The Kier molecular flexibility index (Phi) is 4.37. The molecule has 4 rings (SSSR count). The molecule has 0 heterocycles. The van der Waals surface area contributed by atoms with Gasteiger partial charge in [-0.25, -0.2) is 0 Å². The van der Waals surface area contributed by atoms with Crippen LogP contribution in [0.5, 0.6) is 0 Å². The summed E-state index contributed by atoms with van der Waals surface area (Å²) in [6.45, 7) is 3.93. The summed E-state index contributed by atoms with van der Waals surface area (Å²) in [4.78, 5) is 0. The Morgan fingerprint density at radius 3 is 1.96 bits per heavy atom. The number of benzene rings is 3. The van der Waals surface area contributed by atoms with Crippen molar-refractivity contribution in [2.45, 2.75) is 5.41 Å². The van der Waals surface area contributed by atoms with Crippen LogP contribution in [0.2, 0.25) is 0 Å². The molecular formula is C27H20. The van der Waals surface area contributed by atoms with Crippen LogP contribution < -0.4 is 0 Å². The molecule has 27 heavy (non-hydrogen) atoms. The van der Waals surface area contributed by atoms with Crippen molar-refractivity contribution in [2.24, 2.45) is 0 Å². The first-order chi connectivity index (χ1) is 13.3. The third-order valence-corrected chi connectivity index (χ3v) is 5.17. The van der Waals surface area contributed by atoms with Crippen LogP contribution in [-0.4, -0.2) is 0 Å². The van der Waals surface area contributed by atoms with E-state index in [1.165, 1.54) is 27.8 Å². The van der Waals surface area contributed by atoms with E-state index in [1.807, 2.05) is 6.08 Å². The van der Waals surface area contributed by atoms with Gasteiger partial charge in [-0.15, -0.1) is 6.42 Å². The maximum absolute atomic E-state index is 5.51. The number of rotatable bonds is 4. The van der Waals surface area contributed by atoms with Crippen LogP contribution >= 0.6 is 0 Å². The fraction of sp³-hybridized carbons (Fsp3) is 0.0370. The summed E-state index contributed by atoms with van der Waals surface area (Å²) in [5, 5.41) is 0. The number of allylic oxidation sites excluding steroid dienone is 4. The molecule has 1 aliphatic carbocycles. The molecule has 128 valence electrons. The Morgan fingerprint density at radius 2 is 1.37 bits per heavy atom. The average Bonchev–Trinajstić information content (AvgIpc) is 3.08. The van der Waals surface area contributed by atoms with Gasteiger partial charge in [0.15, 0.2) is 0 Å². The van der Waals surface area contributed by atoms with Gasteiger partial charge in [0.2, 0.25) is 0 Å². The second kappa shape index (κ2) is 6.98. The molecule has 0 amide bonds. The van der Waals surface area contributed by atoms with Crippen molar-refractivity contribution in [1.29, 1.82) is 0 Å². The van der Waals surface area contributed by atoms with Crippen LogP contribution in [0, 0.1) is 12.3 Å². The van der Waals surface area contributed by atoms with Gasteiger partial charge in [-0.05, 0) is 40.0 Å². The molecule has 0 radical (unpaired) electrons. The topological polar surface area (TPSA) is 0 Å². The molecule has 3 aromatic carbocycles. The van der Waals surface area contributed by atoms with Gasteiger partial charge in [0.05, 0.1) is 5.41 Å². The van der Waals surface area contributed by atoms with Crippen molar-refractivity contribution in [3.8, 4) is 12.3 Å². The van der Waals surface area contributed by atoms with Crippen LogP contribution in [0.1, 0.15) is 22.3 Å². The van der Waals surface area contributed by atoms with E-state index >= 15 is 0 Å². The minimum atomic E-state index is -0.371. The molecule has 0 saturated carbocycles. The molecule has 0 saturated heterocycles. The van der Waals surface area contributed by atoms with Crippen molar-refractivity contribution >= 4 is 6.08 Å². The van der Waals surface area contributed by atoms with Gasteiger partial charge in [-0.3, -0.25) is 0 Å². The third-order valence-electron chi connectivity index (χ3n) is 5.17. The largest absolute Gasteiger partial charge is 0.115 e. The zero-order valence-electron chi connectivity index (χ0n) is 15.1. The summed E-state index contributed by atoms with van der Waals surface area (Å²) in [6.07, 6.45) is 11.8. The van der Waals surface area contributed by atoms with E-state index in [9.17, 15) is 0 Å². The lowest BCUT2D eigenvalue weighted by Crippen LogP contribution is -2.29. The van der Waals surface area contributed by atoms with Crippen LogP contribution in [-0.2, 0) is 5.41 Å². The zero-order valence-corrected chi connectivity index (χ0v) is 15.1. The average molecular weight is 344 g/mol. The molecule has 0 atom stereocenters. The van der Waals surface area contributed by atoms with E-state index in [4.69, 9.17) is 6.42 Å². The molecule has 0 nitrogen and oxygen atoms in total. The van der Waals surface area contributed by atoms with Crippen molar-refractivity contribution in [3.05, 3.63) is 137 Å². The number of hydrogen-bond acceptors (Lipinski definition) is 0. The molecule has 1 aliphatic rings. The Labute approximate surface area is 161 Å². The molecule has 0 unspecified atom stereocenters. The summed E-state index contributed by atoms with van der Waals surface area (Å²) >= 11 is 0. The van der Waals surface area contributed by atoms with Crippen LogP contribution in [0.15, 0.2) is 115 Å². The lowest BCUT2D eigenvalue weighted by Gasteiger charge is -2.34. The second-order valence-corrected chi connectivity index (χ2v) is 6.67. The van der Waals surface area contributed by atoms with Gasteiger partial charge in [-0.2, -0.15) is 0 Å². The molecule has 0 bridgehead atoms. The SMILES string of the molecule is C#CC(=C)/C=C\C1=Cc2ccccc2C1(c1ccccc1)c1ccccc1. The number of fused-ring (bicyclic) bond motifs is 1. The van der Waals surface area contributed by atoms with E-state index in [0.717, 1.165) is 0 Å². The van der Waals surface area contributed by atoms with Crippen LogP contribution in [0.4, 0.5) is 0 Å². The summed E-state index contributed by atoms with van der Waals surface area (Å²) in [7, 11) is 0. The van der Waals surface area contributed by atoms with Gasteiger partial charge >= 0.3 is 0 Å². The summed E-state index contributed by atoms with van der Waals surface area (Å²) in [6, 6.07) is 29.9. The van der Waals surface area contributed by atoms with E-state index in [0.29, 0.717) is 5.57 Å². The summed E-state index contributed by atoms with van der Waals surface area (Å²) < 4.78 is 0. The minimum absolute atomic E-state index is 0.371. The highest BCUT2D eigenvalue weighted by Gasteiger charge is 2.43. The van der Waals surface area contributed by atoms with Gasteiger partial charge in [0.25, 0.3) is 0 Å². The predicted molar refractivity (Wildman–Crippen MR) is 114 cm³/mol. The van der Waals surface area contributed by atoms with E-state index in [2.05, 4.69) is 110 Å². The maximum atomic E-state index is 5.51. The minimum Gasteiger partial charge on any atom is -0.115 e. The Morgan fingerprint density at radius 1 is 0.815 bits per heavy atom. The monoisotopic (exact) mass is 344 g/mol.